The van der Waals surface area contributed by atoms with Gasteiger partial charge in [0, 0.05) is 38.3 Å². The van der Waals surface area contributed by atoms with Gasteiger partial charge in [0.25, 0.3) is 5.56 Å². The normalized spacial score (nSPS) is 17.7. The Kier molecular flexibility index (Phi) is 4.90. The minimum atomic E-state index is -0.309. The number of H-pyrrole nitrogens is 1. The molecule has 0 spiro atoms. The summed E-state index contributed by atoms with van der Waals surface area (Å²) in [7, 11) is 0. The Hall–Kier alpha value is -2.68. The lowest BCUT2D eigenvalue weighted by molar-refractivity contribution is 0.154. The van der Waals surface area contributed by atoms with Crippen LogP contribution in [0.15, 0.2) is 23.1 Å². The van der Waals surface area contributed by atoms with Gasteiger partial charge in [-0.1, -0.05) is 0 Å². The second-order valence-corrected chi connectivity index (χ2v) is 5.77. The monoisotopic (exact) mass is 331 g/mol. The molecule has 5 N–H and O–H groups in total. The molecule has 0 bridgehead atoms. The highest BCUT2D eigenvalue weighted by molar-refractivity contribution is 5.43. The van der Waals surface area contributed by atoms with Gasteiger partial charge in [0.2, 0.25) is 5.95 Å². The highest BCUT2D eigenvalue weighted by Gasteiger charge is 2.19. The summed E-state index contributed by atoms with van der Waals surface area (Å²) >= 11 is 0. The topological polar surface area (TPSA) is 133 Å². The first kappa shape index (κ1) is 16.2. The number of nitrogens with zero attached hydrogens (tertiary/aromatic N) is 4. The van der Waals surface area contributed by atoms with Crippen molar-refractivity contribution in [1.82, 2.24) is 19.9 Å². The maximum atomic E-state index is 11.3. The zero-order valence-corrected chi connectivity index (χ0v) is 13.3. The van der Waals surface area contributed by atoms with E-state index in [-0.39, 0.29) is 17.5 Å². The highest BCUT2D eigenvalue weighted by atomic mass is 16.3. The molecule has 0 amide bonds. The zero-order valence-electron chi connectivity index (χ0n) is 13.3. The quantitative estimate of drug-likeness (QED) is 0.590. The summed E-state index contributed by atoms with van der Waals surface area (Å²) in [5.41, 5.74) is 5.29. The van der Waals surface area contributed by atoms with E-state index in [4.69, 9.17) is 5.73 Å². The summed E-state index contributed by atoms with van der Waals surface area (Å²) in [6, 6.07) is 3.08. The maximum absolute atomic E-state index is 11.3. The number of hydrogen-bond donors (Lipinski definition) is 4. The third-order valence-corrected chi connectivity index (χ3v) is 3.82. The molecule has 9 heteroatoms. The number of aliphatic hydroxyl groups excluding tert-OH is 1. The maximum Gasteiger partial charge on any atom is 0.252 e. The van der Waals surface area contributed by atoms with Crippen molar-refractivity contribution >= 4 is 17.6 Å². The zero-order chi connectivity index (χ0) is 16.9. The van der Waals surface area contributed by atoms with Crippen molar-refractivity contribution in [2.75, 3.05) is 35.6 Å². The van der Waals surface area contributed by atoms with Crippen molar-refractivity contribution in [2.45, 2.75) is 25.4 Å². The van der Waals surface area contributed by atoms with Crippen LogP contribution in [0.2, 0.25) is 0 Å². The summed E-state index contributed by atoms with van der Waals surface area (Å²) < 4.78 is 0. The van der Waals surface area contributed by atoms with Crippen LogP contribution in [0, 0.1) is 0 Å². The highest BCUT2D eigenvalue weighted by Crippen LogP contribution is 2.18. The molecule has 128 valence electrons. The Morgan fingerprint density at radius 1 is 1.46 bits per heavy atom. The van der Waals surface area contributed by atoms with Crippen LogP contribution in [-0.4, -0.2) is 50.8 Å². The van der Waals surface area contributed by atoms with Gasteiger partial charge in [-0.25, -0.2) is 9.97 Å². The van der Waals surface area contributed by atoms with Crippen LogP contribution in [0.4, 0.5) is 17.6 Å². The van der Waals surface area contributed by atoms with Gasteiger partial charge in [0.15, 0.2) is 0 Å². The predicted molar refractivity (Wildman–Crippen MR) is 90.9 cm³/mol. The van der Waals surface area contributed by atoms with E-state index in [1.807, 2.05) is 6.07 Å². The number of anilines is 3. The second-order valence-electron chi connectivity index (χ2n) is 5.77. The number of β-amino-alcohol motifs (C(OH)–C–C–N with tert-alkyl or cyclic N) is 1. The summed E-state index contributed by atoms with van der Waals surface area (Å²) in [6.45, 7) is 1.98. The van der Waals surface area contributed by atoms with Gasteiger partial charge in [0.05, 0.1) is 6.10 Å². The number of rotatable bonds is 5. The summed E-state index contributed by atoms with van der Waals surface area (Å²) in [4.78, 5) is 28.8. The van der Waals surface area contributed by atoms with Gasteiger partial charge >= 0.3 is 0 Å². The van der Waals surface area contributed by atoms with E-state index >= 15 is 0 Å². The molecular weight excluding hydrogens is 310 g/mol. The largest absolute Gasteiger partial charge is 0.391 e. The first-order chi connectivity index (χ1) is 11.6. The van der Waals surface area contributed by atoms with Crippen molar-refractivity contribution in [3.05, 3.63) is 34.5 Å². The lowest BCUT2D eigenvalue weighted by Crippen LogP contribution is -2.38. The lowest BCUT2D eigenvalue weighted by atomic mass is 10.1. The summed E-state index contributed by atoms with van der Waals surface area (Å²) in [5, 5.41) is 12.9. The van der Waals surface area contributed by atoms with E-state index < -0.39 is 0 Å². The molecule has 1 aliphatic heterocycles. The number of hydrogen-bond acceptors (Lipinski definition) is 8. The minimum absolute atomic E-state index is 0.204. The predicted octanol–water partition coefficient (Wildman–Crippen LogP) is -0.242. The van der Waals surface area contributed by atoms with Crippen LogP contribution in [0.5, 0.6) is 0 Å². The Labute approximate surface area is 139 Å². The molecule has 1 saturated heterocycles. The number of nitrogens with two attached hydrogens (primary N) is 1. The van der Waals surface area contributed by atoms with Gasteiger partial charge in [-0.2, -0.15) is 4.98 Å². The van der Waals surface area contributed by atoms with Crippen LogP contribution in [-0.2, 0) is 6.42 Å². The smallest absolute Gasteiger partial charge is 0.252 e. The minimum Gasteiger partial charge on any atom is -0.391 e. The Morgan fingerprint density at radius 2 is 2.33 bits per heavy atom. The van der Waals surface area contributed by atoms with Gasteiger partial charge < -0.3 is 26.0 Å². The molecule has 24 heavy (non-hydrogen) atoms. The molecule has 3 heterocycles. The first-order valence-corrected chi connectivity index (χ1v) is 7.96. The van der Waals surface area contributed by atoms with Crippen molar-refractivity contribution in [3.8, 4) is 0 Å². The number of aromatic amines is 1. The fourth-order valence-electron chi connectivity index (χ4n) is 2.71. The van der Waals surface area contributed by atoms with Crippen LogP contribution in [0.3, 0.4) is 0 Å². The van der Waals surface area contributed by atoms with E-state index in [0.29, 0.717) is 31.3 Å². The van der Waals surface area contributed by atoms with Crippen molar-refractivity contribution in [2.24, 2.45) is 0 Å². The van der Waals surface area contributed by atoms with Crippen molar-refractivity contribution in [3.63, 3.8) is 0 Å². The van der Waals surface area contributed by atoms with Crippen LogP contribution in [0.1, 0.15) is 18.7 Å². The molecule has 0 radical (unpaired) electrons. The van der Waals surface area contributed by atoms with Gasteiger partial charge in [-0.05, 0) is 18.9 Å². The Morgan fingerprint density at radius 3 is 3.12 bits per heavy atom. The van der Waals surface area contributed by atoms with E-state index in [9.17, 15) is 9.90 Å². The Bertz CT molecular complexity index is 749. The molecular formula is C15H21N7O2. The second kappa shape index (κ2) is 7.26. The summed E-state index contributed by atoms with van der Waals surface area (Å²) in [6.07, 6.45) is 3.65. The number of nitrogens with one attached hydrogen (secondary N) is 2. The molecule has 1 aliphatic rings. The van der Waals surface area contributed by atoms with E-state index in [2.05, 4.69) is 30.2 Å². The molecule has 0 aliphatic carbocycles. The van der Waals surface area contributed by atoms with Gasteiger partial charge in [-0.15, -0.1) is 0 Å². The number of piperidine rings is 1. The molecule has 2 aromatic heterocycles. The molecule has 1 fully saturated rings. The molecule has 3 rings (SSSR count). The van der Waals surface area contributed by atoms with E-state index in [1.165, 1.54) is 6.07 Å². The standard InChI is InChI=1S/C15H21N7O2/c16-11-8-14(24)20-12(19-11)3-5-17-15-18-6-4-13(21-15)22-7-1-2-10(23)9-22/h4,6,8,10,23H,1-3,5,7,9H2,(H,17,18,21)(H3,16,19,20,24). The molecule has 2 aromatic rings. The summed E-state index contributed by atoms with van der Waals surface area (Å²) in [5.74, 6) is 2.01. The fraction of sp³-hybridized carbons (Fsp3) is 0.467. The van der Waals surface area contributed by atoms with Gasteiger partial charge in [-0.3, -0.25) is 4.79 Å². The van der Waals surface area contributed by atoms with E-state index in [1.54, 1.807) is 6.20 Å². The lowest BCUT2D eigenvalue weighted by Gasteiger charge is -2.31. The van der Waals surface area contributed by atoms with Crippen molar-refractivity contribution < 1.29 is 5.11 Å². The molecule has 1 atom stereocenters. The average Bonchev–Trinajstić information content (AvgIpc) is 2.54. The Balaban J connectivity index is 1.59. The third-order valence-electron chi connectivity index (χ3n) is 3.82. The molecule has 0 saturated carbocycles. The van der Waals surface area contributed by atoms with Gasteiger partial charge in [0.1, 0.15) is 17.5 Å². The number of nitrogen functional groups attached to an aromatic ring is 1. The average molecular weight is 331 g/mol. The SMILES string of the molecule is Nc1cc(=O)[nH]c(CCNc2nccc(N3CCCC(O)C3)n2)n1. The fourth-order valence-corrected chi connectivity index (χ4v) is 2.71. The molecule has 9 nitrogen and oxygen atoms in total. The van der Waals surface area contributed by atoms with Crippen LogP contribution >= 0.6 is 0 Å². The van der Waals surface area contributed by atoms with Crippen molar-refractivity contribution in [1.29, 1.82) is 0 Å². The van der Waals surface area contributed by atoms with Crippen LogP contribution < -0.4 is 21.5 Å². The van der Waals surface area contributed by atoms with E-state index in [0.717, 1.165) is 25.2 Å². The molecule has 1 unspecified atom stereocenters. The van der Waals surface area contributed by atoms with Crippen LogP contribution in [0.25, 0.3) is 0 Å². The molecule has 0 aromatic carbocycles. The number of aromatic nitrogens is 4. The first-order valence-electron chi connectivity index (χ1n) is 7.96. The third kappa shape index (κ3) is 4.19. The number of aliphatic hydroxyl groups is 1.